The topological polar surface area (TPSA) is 86.5 Å². The number of primary amides is 1. The van der Waals surface area contributed by atoms with Gasteiger partial charge in [0.25, 0.3) is 0 Å². The largest absolute Gasteiger partial charge is 0.438 e. The van der Waals surface area contributed by atoms with Gasteiger partial charge in [-0.15, -0.1) is 0 Å². The molecule has 1 aromatic heterocycles. The molecule has 160 valence electrons. The van der Waals surface area contributed by atoms with Gasteiger partial charge in [0.05, 0.1) is 17.8 Å². The number of hydrogen-bond acceptors (Lipinski definition) is 5. The molecule has 1 aliphatic carbocycles. The Labute approximate surface area is 181 Å². The lowest BCUT2D eigenvalue weighted by Gasteiger charge is -2.21. The van der Waals surface area contributed by atoms with E-state index in [4.69, 9.17) is 15.2 Å². The maximum atomic E-state index is 11.2. The number of aromatic nitrogens is 1. The van der Waals surface area contributed by atoms with Crippen molar-refractivity contribution >= 4 is 16.7 Å². The van der Waals surface area contributed by atoms with Crippen LogP contribution in [-0.2, 0) is 11.3 Å². The number of benzene rings is 2. The molecule has 2 aromatic carbocycles. The molecule has 1 aliphatic heterocycles. The number of carbonyl (C=O) groups excluding carboxylic acids is 1. The number of rotatable bonds is 6. The fourth-order valence-corrected chi connectivity index (χ4v) is 4.89. The summed E-state index contributed by atoms with van der Waals surface area (Å²) in [5, 5.41) is 5.88. The highest BCUT2D eigenvalue weighted by Gasteiger charge is 2.42. The summed E-state index contributed by atoms with van der Waals surface area (Å²) < 4.78 is 12.2. The van der Waals surface area contributed by atoms with Crippen molar-refractivity contribution in [3.8, 4) is 11.6 Å². The summed E-state index contributed by atoms with van der Waals surface area (Å²) >= 11 is 0. The molecule has 1 saturated heterocycles. The van der Waals surface area contributed by atoms with Crippen LogP contribution in [0.15, 0.2) is 54.7 Å². The summed E-state index contributed by atoms with van der Waals surface area (Å²) in [6, 6.07) is 16.0. The maximum Gasteiger partial charge on any atom is 0.250 e. The Morgan fingerprint density at radius 1 is 1.13 bits per heavy atom. The number of ether oxygens (including phenoxy) is 2. The molecular formula is C25H27N3O3. The van der Waals surface area contributed by atoms with Crippen LogP contribution in [0.5, 0.6) is 11.6 Å². The molecular weight excluding hydrogens is 390 g/mol. The zero-order valence-corrected chi connectivity index (χ0v) is 17.5. The van der Waals surface area contributed by atoms with Crippen LogP contribution in [0.25, 0.3) is 10.8 Å². The lowest BCUT2D eigenvalue weighted by Crippen LogP contribution is -2.31. The van der Waals surface area contributed by atoms with Gasteiger partial charge in [-0.3, -0.25) is 4.79 Å². The number of carbonyl (C=O) groups is 1. The van der Waals surface area contributed by atoms with E-state index in [1.54, 1.807) is 12.1 Å². The lowest BCUT2D eigenvalue weighted by atomic mass is 9.96. The van der Waals surface area contributed by atoms with Crippen molar-refractivity contribution in [1.29, 1.82) is 0 Å². The van der Waals surface area contributed by atoms with Gasteiger partial charge in [0, 0.05) is 30.2 Å². The van der Waals surface area contributed by atoms with Gasteiger partial charge in [-0.2, -0.15) is 0 Å². The summed E-state index contributed by atoms with van der Waals surface area (Å²) in [5.41, 5.74) is 7.00. The Balaban J connectivity index is 1.32. The van der Waals surface area contributed by atoms with Gasteiger partial charge in [0.2, 0.25) is 11.8 Å². The van der Waals surface area contributed by atoms with E-state index in [-0.39, 0.29) is 5.60 Å². The molecule has 2 fully saturated rings. The third-order valence-corrected chi connectivity index (χ3v) is 6.51. The first kappa shape index (κ1) is 20.0. The van der Waals surface area contributed by atoms with Crippen molar-refractivity contribution in [3.63, 3.8) is 0 Å². The molecule has 0 bridgehead atoms. The maximum absolute atomic E-state index is 11.2. The number of nitrogens with zero attached hydrogens (tertiary/aromatic N) is 1. The minimum absolute atomic E-state index is 0.133. The Morgan fingerprint density at radius 3 is 2.71 bits per heavy atom. The quantitative estimate of drug-likeness (QED) is 0.624. The van der Waals surface area contributed by atoms with Crippen molar-refractivity contribution in [3.05, 3.63) is 65.9 Å². The van der Waals surface area contributed by atoms with E-state index >= 15 is 0 Å². The van der Waals surface area contributed by atoms with Crippen LogP contribution in [0, 0.1) is 0 Å². The molecule has 3 N–H and O–H groups in total. The van der Waals surface area contributed by atoms with Gasteiger partial charge in [-0.05, 0) is 42.3 Å². The molecule has 1 unspecified atom stereocenters. The number of nitrogens with one attached hydrogen (secondary N) is 1. The van der Waals surface area contributed by atoms with E-state index in [1.165, 1.54) is 37.4 Å². The number of pyridine rings is 1. The van der Waals surface area contributed by atoms with Crippen molar-refractivity contribution < 1.29 is 14.3 Å². The molecule has 2 heterocycles. The SMILES string of the molecule is NC(=O)c1ccc(Oc2cccc3c(CNC4COC5(CCCC5)C4)cccc23)nc1. The predicted octanol–water partition coefficient (Wildman–Crippen LogP) is 4.32. The second-order valence-electron chi connectivity index (χ2n) is 8.60. The predicted molar refractivity (Wildman–Crippen MR) is 119 cm³/mol. The van der Waals surface area contributed by atoms with E-state index in [9.17, 15) is 4.79 Å². The van der Waals surface area contributed by atoms with Crippen molar-refractivity contribution in [2.24, 2.45) is 5.73 Å². The summed E-state index contributed by atoms with van der Waals surface area (Å²) in [5.74, 6) is 0.645. The molecule has 1 atom stereocenters. The summed E-state index contributed by atoms with van der Waals surface area (Å²) in [6.07, 6.45) is 7.53. The molecule has 1 amide bonds. The number of amides is 1. The molecule has 1 saturated carbocycles. The van der Waals surface area contributed by atoms with E-state index in [2.05, 4.69) is 34.6 Å². The minimum atomic E-state index is -0.507. The summed E-state index contributed by atoms with van der Waals surface area (Å²) in [6.45, 7) is 1.59. The van der Waals surface area contributed by atoms with E-state index in [0.717, 1.165) is 36.1 Å². The molecule has 31 heavy (non-hydrogen) atoms. The number of fused-ring (bicyclic) bond motifs is 1. The van der Waals surface area contributed by atoms with Crippen LogP contribution in [0.2, 0.25) is 0 Å². The minimum Gasteiger partial charge on any atom is -0.438 e. The second kappa shape index (κ2) is 8.29. The van der Waals surface area contributed by atoms with Crippen LogP contribution in [0.1, 0.15) is 48.0 Å². The number of nitrogens with two attached hydrogens (primary N) is 1. The van der Waals surface area contributed by atoms with Crippen LogP contribution in [-0.4, -0.2) is 29.1 Å². The fourth-order valence-electron chi connectivity index (χ4n) is 4.89. The average molecular weight is 418 g/mol. The molecule has 0 radical (unpaired) electrons. The van der Waals surface area contributed by atoms with Gasteiger partial charge < -0.3 is 20.5 Å². The second-order valence-corrected chi connectivity index (χ2v) is 8.60. The van der Waals surface area contributed by atoms with Crippen molar-refractivity contribution in [2.45, 2.75) is 50.3 Å². The lowest BCUT2D eigenvalue weighted by molar-refractivity contribution is 0.00989. The summed E-state index contributed by atoms with van der Waals surface area (Å²) in [7, 11) is 0. The summed E-state index contributed by atoms with van der Waals surface area (Å²) in [4.78, 5) is 15.4. The monoisotopic (exact) mass is 417 g/mol. The first-order valence-electron chi connectivity index (χ1n) is 10.9. The first-order chi connectivity index (χ1) is 15.1. The number of hydrogen-bond donors (Lipinski definition) is 2. The van der Waals surface area contributed by atoms with Gasteiger partial charge in [-0.1, -0.05) is 43.2 Å². The fraction of sp³-hybridized carbons (Fsp3) is 0.360. The van der Waals surface area contributed by atoms with E-state index < -0.39 is 5.91 Å². The van der Waals surface area contributed by atoms with Gasteiger partial charge in [0.1, 0.15) is 5.75 Å². The Hall–Kier alpha value is -2.96. The van der Waals surface area contributed by atoms with Gasteiger partial charge >= 0.3 is 0 Å². The zero-order valence-electron chi connectivity index (χ0n) is 17.5. The zero-order chi connectivity index (χ0) is 21.3. The normalized spacial score (nSPS) is 19.8. The first-order valence-corrected chi connectivity index (χ1v) is 10.9. The molecule has 1 spiro atoms. The Morgan fingerprint density at radius 2 is 1.94 bits per heavy atom. The van der Waals surface area contributed by atoms with Crippen LogP contribution >= 0.6 is 0 Å². The highest BCUT2D eigenvalue weighted by atomic mass is 16.5. The third-order valence-electron chi connectivity index (χ3n) is 6.51. The van der Waals surface area contributed by atoms with Crippen molar-refractivity contribution in [2.75, 3.05) is 6.61 Å². The molecule has 6 nitrogen and oxygen atoms in total. The molecule has 2 aliphatic rings. The van der Waals surface area contributed by atoms with Gasteiger partial charge in [0.15, 0.2) is 0 Å². The van der Waals surface area contributed by atoms with Crippen LogP contribution in [0.4, 0.5) is 0 Å². The Bertz CT molecular complexity index is 1090. The van der Waals surface area contributed by atoms with Crippen LogP contribution in [0.3, 0.4) is 0 Å². The van der Waals surface area contributed by atoms with Gasteiger partial charge in [-0.25, -0.2) is 4.98 Å². The molecule has 6 heteroatoms. The van der Waals surface area contributed by atoms with Crippen LogP contribution < -0.4 is 15.8 Å². The standard InChI is InChI=1S/C25H27N3O3/c26-24(29)18-9-10-23(28-15-18)31-22-8-4-6-20-17(5-3-7-21(20)22)14-27-19-13-25(30-16-19)11-1-2-12-25/h3-10,15,19,27H,1-2,11-14,16H2,(H2,26,29). The third kappa shape index (κ3) is 4.13. The Kier molecular flexibility index (Phi) is 5.34. The average Bonchev–Trinajstić information content (AvgIpc) is 3.42. The molecule has 3 aromatic rings. The van der Waals surface area contributed by atoms with E-state index in [1.807, 2.05) is 12.1 Å². The van der Waals surface area contributed by atoms with Crippen molar-refractivity contribution in [1.82, 2.24) is 10.3 Å². The molecule has 5 rings (SSSR count). The van der Waals surface area contributed by atoms with E-state index in [0.29, 0.717) is 17.5 Å². The smallest absolute Gasteiger partial charge is 0.250 e. The highest BCUT2D eigenvalue weighted by molar-refractivity contribution is 5.92. The highest BCUT2D eigenvalue weighted by Crippen LogP contribution is 2.41.